The SMILES string of the molecule is COc1ccc2c(c1)C1(N=C(N)N(C)C1=O)c1cc(CCC(C)C)ccc1O2. The molecule has 6 nitrogen and oxygen atoms in total. The van der Waals surface area contributed by atoms with E-state index in [1.807, 2.05) is 30.3 Å². The van der Waals surface area contributed by atoms with Crippen LogP contribution in [0.1, 0.15) is 37.0 Å². The van der Waals surface area contributed by atoms with Crippen molar-refractivity contribution in [3.63, 3.8) is 0 Å². The topological polar surface area (TPSA) is 77.2 Å². The molecule has 1 atom stereocenters. The summed E-state index contributed by atoms with van der Waals surface area (Å²) in [4.78, 5) is 19.5. The first-order valence-corrected chi connectivity index (χ1v) is 9.50. The lowest BCUT2D eigenvalue weighted by molar-refractivity contribution is -0.129. The molecule has 0 saturated carbocycles. The summed E-state index contributed by atoms with van der Waals surface area (Å²) < 4.78 is 11.5. The zero-order chi connectivity index (χ0) is 20.1. The Morgan fingerprint density at radius 2 is 1.86 bits per heavy atom. The number of hydrogen-bond acceptors (Lipinski definition) is 5. The molecule has 0 aliphatic carbocycles. The van der Waals surface area contributed by atoms with Crippen molar-refractivity contribution in [3.05, 3.63) is 53.1 Å². The zero-order valence-electron chi connectivity index (χ0n) is 16.7. The number of amides is 1. The molecule has 2 heterocycles. The van der Waals surface area contributed by atoms with E-state index in [1.54, 1.807) is 14.2 Å². The van der Waals surface area contributed by atoms with Crippen LogP contribution in [0.15, 0.2) is 41.4 Å². The molecule has 2 aromatic rings. The largest absolute Gasteiger partial charge is 0.497 e. The van der Waals surface area contributed by atoms with E-state index in [9.17, 15) is 4.79 Å². The fraction of sp³-hybridized carbons (Fsp3) is 0.364. The molecule has 1 amide bonds. The van der Waals surface area contributed by atoms with Crippen molar-refractivity contribution in [2.24, 2.45) is 16.6 Å². The molecule has 0 saturated heterocycles. The highest BCUT2D eigenvalue weighted by atomic mass is 16.5. The van der Waals surface area contributed by atoms with E-state index in [-0.39, 0.29) is 11.9 Å². The predicted octanol–water partition coefficient (Wildman–Crippen LogP) is 3.42. The van der Waals surface area contributed by atoms with Crippen molar-refractivity contribution < 1.29 is 14.3 Å². The molecule has 2 aliphatic heterocycles. The van der Waals surface area contributed by atoms with Gasteiger partial charge in [-0.25, -0.2) is 4.99 Å². The van der Waals surface area contributed by atoms with Crippen LogP contribution >= 0.6 is 0 Å². The van der Waals surface area contributed by atoms with Crippen LogP contribution in [0.5, 0.6) is 17.2 Å². The molecule has 0 radical (unpaired) electrons. The number of aryl methyl sites for hydroxylation is 1. The van der Waals surface area contributed by atoms with E-state index in [0.29, 0.717) is 28.7 Å². The number of carbonyl (C=O) groups excluding carboxylic acids is 1. The number of benzene rings is 2. The van der Waals surface area contributed by atoms with Crippen molar-refractivity contribution >= 4 is 11.9 Å². The second kappa shape index (κ2) is 6.55. The first-order chi connectivity index (χ1) is 13.4. The van der Waals surface area contributed by atoms with Gasteiger partial charge in [-0.05, 0) is 54.7 Å². The molecule has 6 heteroatoms. The van der Waals surface area contributed by atoms with Gasteiger partial charge in [-0.1, -0.05) is 19.9 Å². The Kier molecular flexibility index (Phi) is 4.29. The number of nitrogens with zero attached hydrogens (tertiary/aromatic N) is 2. The standard InChI is InChI=1S/C22H25N3O3/c1-13(2)5-6-14-7-9-18-16(11-14)22(20(26)25(3)21(23)24-22)17-12-15(27-4)8-10-19(17)28-18/h7-13H,5-6H2,1-4H3,(H2,23,24). The minimum atomic E-state index is -1.25. The number of hydrogen-bond donors (Lipinski definition) is 1. The monoisotopic (exact) mass is 379 g/mol. The van der Waals surface area contributed by atoms with Gasteiger partial charge in [0.15, 0.2) is 5.96 Å². The van der Waals surface area contributed by atoms with Gasteiger partial charge in [-0.3, -0.25) is 9.69 Å². The number of carbonyl (C=O) groups is 1. The van der Waals surface area contributed by atoms with Crippen LogP contribution < -0.4 is 15.2 Å². The van der Waals surface area contributed by atoms with E-state index in [4.69, 9.17) is 15.2 Å². The fourth-order valence-corrected chi connectivity index (χ4v) is 3.82. The Morgan fingerprint density at radius 3 is 2.46 bits per heavy atom. The highest BCUT2D eigenvalue weighted by Crippen LogP contribution is 2.52. The van der Waals surface area contributed by atoms with Crippen molar-refractivity contribution in [1.82, 2.24) is 4.90 Å². The minimum Gasteiger partial charge on any atom is -0.497 e. The predicted molar refractivity (Wildman–Crippen MR) is 108 cm³/mol. The van der Waals surface area contributed by atoms with E-state index >= 15 is 0 Å². The molecule has 2 aliphatic rings. The number of methoxy groups -OCH3 is 1. The summed E-state index contributed by atoms with van der Waals surface area (Å²) >= 11 is 0. The third-order valence-electron chi connectivity index (χ3n) is 5.48. The number of guanidine groups is 1. The quantitative estimate of drug-likeness (QED) is 0.883. The van der Waals surface area contributed by atoms with Gasteiger partial charge < -0.3 is 15.2 Å². The number of fused-ring (bicyclic) bond motifs is 4. The lowest BCUT2D eigenvalue weighted by atomic mass is 9.79. The maximum atomic E-state index is 13.4. The van der Waals surface area contributed by atoms with Gasteiger partial charge >= 0.3 is 0 Å². The molecular formula is C22H25N3O3. The van der Waals surface area contributed by atoms with E-state index in [1.165, 1.54) is 4.90 Å². The summed E-state index contributed by atoms with van der Waals surface area (Å²) in [5.41, 5.74) is 7.36. The summed E-state index contributed by atoms with van der Waals surface area (Å²) in [5, 5.41) is 0. The van der Waals surface area contributed by atoms with Gasteiger partial charge in [0.2, 0.25) is 5.54 Å². The highest BCUT2D eigenvalue weighted by Gasteiger charge is 2.54. The first kappa shape index (κ1) is 18.3. The average molecular weight is 379 g/mol. The van der Waals surface area contributed by atoms with E-state index in [2.05, 4.69) is 24.9 Å². The molecule has 0 fully saturated rings. The Balaban J connectivity index is 1.93. The number of rotatable bonds is 4. The average Bonchev–Trinajstić information content (AvgIpc) is 2.91. The molecular weight excluding hydrogens is 354 g/mol. The Morgan fingerprint density at radius 1 is 1.18 bits per heavy atom. The smallest absolute Gasteiger partial charge is 0.266 e. The van der Waals surface area contributed by atoms with Gasteiger partial charge in [0, 0.05) is 18.2 Å². The molecule has 28 heavy (non-hydrogen) atoms. The first-order valence-electron chi connectivity index (χ1n) is 9.50. The van der Waals surface area contributed by atoms with E-state index < -0.39 is 5.54 Å². The maximum absolute atomic E-state index is 13.4. The Bertz CT molecular complexity index is 983. The van der Waals surface area contributed by atoms with Crippen molar-refractivity contribution in [2.75, 3.05) is 14.2 Å². The summed E-state index contributed by atoms with van der Waals surface area (Å²) in [6, 6.07) is 11.4. The number of nitrogens with two attached hydrogens (primary N) is 1. The van der Waals surface area contributed by atoms with Gasteiger partial charge in [-0.2, -0.15) is 0 Å². The molecule has 4 rings (SSSR count). The van der Waals surface area contributed by atoms with Crippen LogP contribution in [0, 0.1) is 5.92 Å². The molecule has 0 bridgehead atoms. The molecule has 1 unspecified atom stereocenters. The van der Waals surface area contributed by atoms with Crippen LogP contribution in [0.3, 0.4) is 0 Å². The van der Waals surface area contributed by atoms with E-state index in [0.717, 1.165) is 24.0 Å². The van der Waals surface area contributed by atoms with Crippen molar-refractivity contribution in [3.8, 4) is 17.2 Å². The minimum absolute atomic E-state index is 0.190. The number of likely N-dealkylation sites (N-methyl/N-ethyl adjacent to an activating group) is 1. The van der Waals surface area contributed by atoms with Gasteiger partial charge in [0.1, 0.15) is 17.2 Å². The third kappa shape index (κ3) is 2.63. The molecule has 146 valence electrons. The maximum Gasteiger partial charge on any atom is 0.266 e. The Hall–Kier alpha value is -3.02. The normalized spacial score (nSPS) is 20.1. The van der Waals surface area contributed by atoms with Crippen LogP contribution in [-0.4, -0.2) is 30.9 Å². The van der Waals surface area contributed by atoms with Gasteiger partial charge in [0.05, 0.1) is 7.11 Å². The second-order valence-corrected chi connectivity index (χ2v) is 7.77. The summed E-state index contributed by atoms with van der Waals surface area (Å²) in [7, 11) is 3.24. The molecule has 2 aromatic carbocycles. The summed E-state index contributed by atoms with van der Waals surface area (Å²) in [6.07, 6.45) is 1.99. The van der Waals surface area contributed by atoms with Crippen molar-refractivity contribution in [2.45, 2.75) is 32.2 Å². The molecule has 1 spiro atoms. The Labute approximate surface area is 165 Å². The lowest BCUT2D eigenvalue weighted by Crippen LogP contribution is -2.42. The van der Waals surface area contributed by atoms with Crippen LogP contribution in [0.25, 0.3) is 0 Å². The number of ether oxygens (including phenoxy) is 2. The fourth-order valence-electron chi connectivity index (χ4n) is 3.82. The number of aliphatic imine (C=N–C) groups is 1. The molecule has 0 aromatic heterocycles. The molecule has 2 N–H and O–H groups in total. The van der Waals surface area contributed by atoms with Crippen LogP contribution in [-0.2, 0) is 16.8 Å². The zero-order valence-corrected chi connectivity index (χ0v) is 16.7. The second-order valence-electron chi connectivity index (χ2n) is 7.77. The summed E-state index contributed by atoms with van der Waals surface area (Å²) in [5.74, 6) is 2.45. The lowest BCUT2D eigenvalue weighted by Gasteiger charge is -2.34. The highest BCUT2D eigenvalue weighted by molar-refractivity contribution is 6.10. The van der Waals surface area contributed by atoms with Gasteiger partial charge in [0.25, 0.3) is 5.91 Å². The van der Waals surface area contributed by atoms with Crippen LogP contribution in [0.4, 0.5) is 0 Å². The van der Waals surface area contributed by atoms with Gasteiger partial charge in [-0.15, -0.1) is 0 Å². The van der Waals surface area contributed by atoms with Crippen LogP contribution in [0.2, 0.25) is 0 Å². The third-order valence-corrected chi connectivity index (χ3v) is 5.48. The summed E-state index contributed by atoms with van der Waals surface area (Å²) in [6.45, 7) is 4.40. The van der Waals surface area contributed by atoms with Crippen molar-refractivity contribution in [1.29, 1.82) is 0 Å².